The van der Waals surface area contributed by atoms with Crippen molar-refractivity contribution in [1.82, 2.24) is 0 Å². The lowest BCUT2D eigenvalue weighted by Crippen LogP contribution is -2.31. The van der Waals surface area contributed by atoms with Crippen LogP contribution < -0.4 is 4.90 Å². The molecule has 0 saturated heterocycles. The van der Waals surface area contributed by atoms with Crippen LogP contribution in [0.4, 0.5) is 14.5 Å². The van der Waals surface area contributed by atoms with Gasteiger partial charge in [-0.15, -0.1) is 6.58 Å². The summed E-state index contributed by atoms with van der Waals surface area (Å²) in [5.74, 6) is -3.53. The minimum Gasteiger partial charge on any atom is -0.302 e. The van der Waals surface area contributed by atoms with E-state index in [0.717, 1.165) is 22.6 Å². The Hall–Kier alpha value is -2.04. The molecule has 1 aromatic carbocycles. The summed E-state index contributed by atoms with van der Waals surface area (Å²) in [6, 6.07) is 1.76. The van der Waals surface area contributed by atoms with Gasteiger partial charge in [0.15, 0.2) is 0 Å². The lowest BCUT2D eigenvalue weighted by atomic mass is 10.1. The Morgan fingerprint density at radius 1 is 1.28 bits per heavy atom. The number of fused-ring (bicyclic) bond motifs is 1. The van der Waals surface area contributed by atoms with Crippen LogP contribution in [0.15, 0.2) is 24.3 Å². The van der Waals surface area contributed by atoms with Crippen LogP contribution in [0, 0.1) is 11.6 Å². The molecule has 94 valence electrons. The standard InChI is InChI=1S/C13H11F2NO2/c1-7(2)5-6-16-11-9(15)4-3-8(14)10(11)12(17)13(16)18/h3-4H,1,5-6H2,2H3. The fourth-order valence-corrected chi connectivity index (χ4v) is 1.87. The Morgan fingerprint density at radius 2 is 1.89 bits per heavy atom. The number of nitrogens with zero attached hydrogens (tertiary/aromatic N) is 1. The third-order valence-electron chi connectivity index (χ3n) is 2.78. The van der Waals surface area contributed by atoms with E-state index >= 15 is 0 Å². The fourth-order valence-electron chi connectivity index (χ4n) is 1.87. The summed E-state index contributed by atoms with van der Waals surface area (Å²) < 4.78 is 27.1. The predicted molar refractivity (Wildman–Crippen MR) is 62.5 cm³/mol. The molecule has 0 atom stereocenters. The first-order valence-electron chi connectivity index (χ1n) is 5.42. The monoisotopic (exact) mass is 251 g/mol. The Kier molecular flexibility index (Phi) is 2.98. The minimum atomic E-state index is -0.997. The summed E-state index contributed by atoms with van der Waals surface area (Å²) in [6.45, 7) is 5.54. The summed E-state index contributed by atoms with van der Waals surface area (Å²) in [5, 5.41) is 0. The molecule has 0 radical (unpaired) electrons. The maximum atomic E-state index is 13.7. The van der Waals surface area contributed by atoms with Crippen LogP contribution in [-0.2, 0) is 4.79 Å². The van der Waals surface area contributed by atoms with Crippen molar-refractivity contribution in [2.24, 2.45) is 0 Å². The van der Waals surface area contributed by atoms with Gasteiger partial charge >= 0.3 is 0 Å². The normalized spacial score (nSPS) is 14.1. The van der Waals surface area contributed by atoms with E-state index in [1.54, 1.807) is 6.92 Å². The zero-order chi connectivity index (χ0) is 13.4. The van der Waals surface area contributed by atoms with Gasteiger partial charge < -0.3 is 4.90 Å². The van der Waals surface area contributed by atoms with Gasteiger partial charge in [-0.25, -0.2) is 8.78 Å². The molecule has 0 N–H and O–H groups in total. The van der Waals surface area contributed by atoms with Gasteiger partial charge in [0.2, 0.25) is 0 Å². The Bertz CT molecular complexity index is 566. The summed E-state index contributed by atoms with van der Waals surface area (Å²) in [6.07, 6.45) is 0.425. The Morgan fingerprint density at radius 3 is 2.50 bits per heavy atom. The summed E-state index contributed by atoms with van der Waals surface area (Å²) >= 11 is 0. The number of carbonyl (C=O) groups is 2. The van der Waals surface area contributed by atoms with Crippen LogP contribution in [-0.4, -0.2) is 18.2 Å². The topological polar surface area (TPSA) is 37.4 Å². The Balaban J connectivity index is 2.48. The van der Waals surface area contributed by atoms with Gasteiger partial charge in [0.1, 0.15) is 11.6 Å². The first-order valence-corrected chi connectivity index (χ1v) is 5.42. The number of Topliss-reactive ketones (excluding diaryl/α,β-unsaturated/α-hetero) is 1. The van der Waals surface area contributed by atoms with Gasteiger partial charge in [-0.05, 0) is 25.5 Å². The van der Waals surface area contributed by atoms with Gasteiger partial charge in [0.25, 0.3) is 11.7 Å². The highest BCUT2D eigenvalue weighted by Crippen LogP contribution is 2.33. The second-order valence-electron chi connectivity index (χ2n) is 4.25. The molecule has 3 nitrogen and oxygen atoms in total. The van der Waals surface area contributed by atoms with Gasteiger partial charge in [-0.1, -0.05) is 5.57 Å². The number of carbonyl (C=O) groups excluding carboxylic acids is 2. The van der Waals surface area contributed by atoms with E-state index < -0.39 is 28.9 Å². The molecule has 1 aliphatic heterocycles. The molecule has 0 bridgehead atoms. The second kappa shape index (κ2) is 4.33. The zero-order valence-electron chi connectivity index (χ0n) is 9.80. The molecule has 0 unspecified atom stereocenters. The molecule has 1 aromatic rings. The van der Waals surface area contributed by atoms with E-state index in [-0.39, 0.29) is 12.2 Å². The van der Waals surface area contributed by atoms with Crippen molar-refractivity contribution in [3.8, 4) is 0 Å². The largest absolute Gasteiger partial charge is 0.302 e. The SMILES string of the molecule is C=C(C)CCN1C(=O)C(=O)c2c(F)ccc(F)c21. The molecule has 5 heteroatoms. The van der Waals surface area contributed by atoms with Crippen LogP contribution in [0.5, 0.6) is 0 Å². The maximum Gasteiger partial charge on any atom is 0.299 e. The number of amides is 1. The number of halogens is 2. The van der Waals surface area contributed by atoms with Crippen molar-refractivity contribution in [3.63, 3.8) is 0 Å². The number of anilines is 1. The van der Waals surface area contributed by atoms with Crippen molar-refractivity contribution in [2.45, 2.75) is 13.3 Å². The average Bonchev–Trinajstić information content (AvgIpc) is 2.56. The van der Waals surface area contributed by atoms with Gasteiger partial charge in [-0.2, -0.15) is 0 Å². The number of ketones is 1. The summed E-state index contributed by atoms with van der Waals surface area (Å²) in [4.78, 5) is 24.3. The molecular formula is C13H11F2NO2. The molecule has 0 aliphatic carbocycles. The molecule has 1 amide bonds. The highest BCUT2D eigenvalue weighted by molar-refractivity contribution is 6.52. The summed E-state index contributed by atoms with van der Waals surface area (Å²) in [7, 11) is 0. The number of hydrogen-bond acceptors (Lipinski definition) is 2. The fraction of sp³-hybridized carbons (Fsp3) is 0.231. The highest BCUT2D eigenvalue weighted by atomic mass is 19.1. The molecule has 1 heterocycles. The van der Waals surface area contributed by atoms with Crippen molar-refractivity contribution >= 4 is 17.4 Å². The Labute approximate surface area is 103 Å². The zero-order valence-corrected chi connectivity index (χ0v) is 9.80. The van der Waals surface area contributed by atoms with Crippen molar-refractivity contribution < 1.29 is 18.4 Å². The van der Waals surface area contributed by atoms with E-state index in [1.807, 2.05) is 0 Å². The van der Waals surface area contributed by atoms with Crippen LogP contribution in [0.3, 0.4) is 0 Å². The van der Waals surface area contributed by atoms with Gasteiger partial charge in [-0.3, -0.25) is 9.59 Å². The molecule has 2 rings (SSSR count). The van der Waals surface area contributed by atoms with Crippen LogP contribution in [0.25, 0.3) is 0 Å². The van der Waals surface area contributed by atoms with Crippen molar-refractivity contribution in [3.05, 3.63) is 41.5 Å². The smallest absolute Gasteiger partial charge is 0.299 e. The molecular weight excluding hydrogens is 240 g/mol. The lowest BCUT2D eigenvalue weighted by Gasteiger charge is -2.16. The number of rotatable bonds is 3. The highest BCUT2D eigenvalue weighted by Gasteiger charge is 2.40. The predicted octanol–water partition coefficient (Wildman–Crippen LogP) is 2.46. The first-order chi connectivity index (χ1) is 8.43. The molecule has 0 aromatic heterocycles. The van der Waals surface area contributed by atoms with E-state index in [1.165, 1.54) is 0 Å². The van der Waals surface area contributed by atoms with Crippen LogP contribution in [0.2, 0.25) is 0 Å². The van der Waals surface area contributed by atoms with E-state index in [9.17, 15) is 18.4 Å². The van der Waals surface area contributed by atoms with Crippen molar-refractivity contribution in [1.29, 1.82) is 0 Å². The molecule has 18 heavy (non-hydrogen) atoms. The third-order valence-corrected chi connectivity index (χ3v) is 2.78. The minimum absolute atomic E-state index is 0.118. The average molecular weight is 251 g/mol. The van der Waals surface area contributed by atoms with Gasteiger partial charge in [0, 0.05) is 6.54 Å². The molecule has 0 fully saturated rings. The molecule has 1 aliphatic rings. The van der Waals surface area contributed by atoms with Crippen molar-refractivity contribution in [2.75, 3.05) is 11.4 Å². The number of hydrogen-bond donors (Lipinski definition) is 0. The van der Waals surface area contributed by atoms with Crippen LogP contribution >= 0.6 is 0 Å². The first kappa shape index (κ1) is 12.4. The summed E-state index contributed by atoms with van der Waals surface area (Å²) in [5.41, 5.74) is 0.0634. The molecule has 0 saturated carbocycles. The van der Waals surface area contributed by atoms with E-state index in [2.05, 4.69) is 6.58 Å². The quantitative estimate of drug-likeness (QED) is 0.611. The molecule has 0 spiro atoms. The lowest BCUT2D eigenvalue weighted by molar-refractivity contribution is -0.114. The maximum absolute atomic E-state index is 13.7. The second-order valence-corrected chi connectivity index (χ2v) is 4.25. The van der Waals surface area contributed by atoms with E-state index in [0.29, 0.717) is 6.42 Å². The third kappa shape index (κ3) is 1.81. The van der Waals surface area contributed by atoms with Gasteiger partial charge in [0.05, 0.1) is 11.3 Å². The van der Waals surface area contributed by atoms with Crippen LogP contribution in [0.1, 0.15) is 23.7 Å². The van der Waals surface area contributed by atoms with E-state index in [4.69, 9.17) is 0 Å². The number of benzene rings is 1.